The van der Waals surface area contributed by atoms with Gasteiger partial charge in [-0.3, -0.25) is 0 Å². The molecular weight excluding hydrogens is 387 g/mol. The Balaban J connectivity index is 2.31. The minimum atomic E-state index is -4.34. The summed E-state index contributed by atoms with van der Waals surface area (Å²) < 4.78 is 74.6. The van der Waals surface area contributed by atoms with E-state index in [9.17, 15) is 26.7 Å². The van der Waals surface area contributed by atoms with Crippen LogP contribution in [0, 0.1) is 0 Å². The summed E-state index contributed by atoms with van der Waals surface area (Å²) in [6, 6.07) is 3.32. The quantitative estimate of drug-likeness (QED) is 0.721. The summed E-state index contributed by atoms with van der Waals surface area (Å²) in [6.45, 7) is 4.39. The van der Waals surface area contributed by atoms with Crippen LogP contribution in [-0.4, -0.2) is 43.8 Å². The van der Waals surface area contributed by atoms with E-state index in [0.717, 1.165) is 0 Å². The molecular formula is C17H24F3NO5S. The van der Waals surface area contributed by atoms with Gasteiger partial charge in [0.15, 0.2) is 0 Å². The van der Waals surface area contributed by atoms with Gasteiger partial charge in [0.05, 0.1) is 24.8 Å². The second kappa shape index (κ2) is 7.84. The van der Waals surface area contributed by atoms with E-state index in [4.69, 9.17) is 9.47 Å². The topological polar surface area (TPSA) is 84.9 Å². The van der Waals surface area contributed by atoms with Crippen molar-refractivity contribution in [3.8, 4) is 11.5 Å². The molecule has 0 aliphatic carbocycles. The third-order valence-corrected chi connectivity index (χ3v) is 5.71. The van der Waals surface area contributed by atoms with Crippen molar-refractivity contribution in [2.45, 2.75) is 57.5 Å². The molecule has 1 aromatic carbocycles. The second-order valence-electron chi connectivity index (χ2n) is 6.98. The Kier molecular flexibility index (Phi) is 6.33. The van der Waals surface area contributed by atoms with Gasteiger partial charge in [0.25, 0.3) is 0 Å². The van der Waals surface area contributed by atoms with E-state index in [0.29, 0.717) is 17.7 Å². The first kappa shape index (κ1) is 21.8. The monoisotopic (exact) mass is 411 g/mol. The van der Waals surface area contributed by atoms with Crippen LogP contribution in [0.5, 0.6) is 11.5 Å². The van der Waals surface area contributed by atoms with Crippen LogP contribution in [0.25, 0.3) is 0 Å². The molecule has 27 heavy (non-hydrogen) atoms. The summed E-state index contributed by atoms with van der Waals surface area (Å²) >= 11 is 0. The highest BCUT2D eigenvalue weighted by atomic mass is 32.2. The highest BCUT2D eigenvalue weighted by molar-refractivity contribution is 7.89. The largest absolute Gasteiger partial charge is 0.493 e. The third-order valence-electron chi connectivity index (χ3n) is 4.15. The fraction of sp³-hybridized carbons (Fsp3) is 0.647. The molecule has 1 aromatic rings. The van der Waals surface area contributed by atoms with E-state index in [1.54, 1.807) is 20.8 Å². The van der Waals surface area contributed by atoms with Crippen LogP contribution in [0.2, 0.25) is 0 Å². The molecule has 0 aromatic heterocycles. The maximum atomic E-state index is 12.3. The van der Waals surface area contributed by atoms with Gasteiger partial charge in [-0.25, -0.2) is 13.1 Å². The first-order valence-corrected chi connectivity index (χ1v) is 10.2. The molecule has 0 saturated heterocycles. The Bertz CT molecular complexity index is 764. The lowest BCUT2D eigenvalue weighted by atomic mass is 9.87. The minimum absolute atomic E-state index is 0.116. The number of hydrogen-bond donors (Lipinski definition) is 2. The number of hydrogen-bond acceptors (Lipinski definition) is 5. The summed E-state index contributed by atoms with van der Waals surface area (Å²) in [5.74, 6) is 0.347. The fourth-order valence-corrected chi connectivity index (χ4v) is 4.10. The molecule has 1 aliphatic heterocycles. The highest BCUT2D eigenvalue weighted by Gasteiger charge is 2.44. The van der Waals surface area contributed by atoms with E-state index in [-0.39, 0.29) is 11.5 Å². The van der Waals surface area contributed by atoms with Gasteiger partial charge in [0.2, 0.25) is 10.0 Å². The molecule has 2 atom stereocenters. The molecule has 2 rings (SSSR count). The number of fused-ring (bicyclic) bond motifs is 1. The predicted molar refractivity (Wildman–Crippen MR) is 93.3 cm³/mol. The SMILES string of the molecule is CCCS(=O)(=O)NC1c2cc(OCCC(F)(F)F)ccc2OC(C)(C)C1O. The number of aliphatic hydroxyl groups is 1. The van der Waals surface area contributed by atoms with Crippen molar-refractivity contribution in [2.24, 2.45) is 0 Å². The standard InChI is InChI=1S/C17H24F3NO5S/c1-4-9-27(23,24)21-14-12-10-11(25-8-7-17(18,19)20)5-6-13(12)26-16(2,3)15(14)22/h5-6,10,14-15,21-22H,4,7-9H2,1-3H3. The molecule has 0 spiro atoms. The van der Waals surface area contributed by atoms with Crippen LogP contribution in [0.3, 0.4) is 0 Å². The van der Waals surface area contributed by atoms with Gasteiger partial charge in [-0.05, 0) is 38.5 Å². The van der Waals surface area contributed by atoms with E-state index < -0.39 is 47.0 Å². The Morgan fingerprint density at radius 1 is 1.33 bits per heavy atom. The van der Waals surface area contributed by atoms with E-state index in [1.165, 1.54) is 18.2 Å². The van der Waals surface area contributed by atoms with Gasteiger partial charge in [-0.2, -0.15) is 13.2 Å². The van der Waals surface area contributed by atoms with Crippen molar-refractivity contribution in [3.63, 3.8) is 0 Å². The summed E-state index contributed by atoms with van der Waals surface area (Å²) in [5.41, 5.74) is -0.753. The van der Waals surface area contributed by atoms with Crippen LogP contribution >= 0.6 is 0 Å². The lowest BCUT2D eigenvalue weighted by Crippen LogP contribution is -2.53. The van der Waals surface area contributed by atoms with Crippen molar-refractivity contribution in [1.82, 2.24) is 4.72 Å². The second-order valence-corrected chi connectivity index (χ2v) is 8.85. The van der Waals surface area contributed by atoms with Crippen LogP contribution in [0.1, 0.15) is 45.2 Å². The molecule has 0 bridgehead atoms. The lowest BCUT2D eigenvalue weighted by molar-refractivity contribution is -0.139. The van der Waals surface area contributed by atoms with E-state index in [2.05, 4.69) is 4.72 Å². The molecule has 0 fully saturated rings. The van der Waals surface area contributed by atoms with Gasteiger partial charge < -0.3 is 14.6 Å². The first-order valence-electron chi connectivity index (χ1n) is 8.55. The number of alkyl halides is 3. The number of rotatable bonds is 7. The van der Waals surface area contributed by atoms with Crippen LogP contribution in [0.15, 0.2) is 18.2 Å². The van der Waals surface area contributed by atoms with Gasteiger partial charge >= 0.3 is 6.18 Å². The highest BCUT2D eigenvalue weighted by Crippen LogP contribution is 2.41. The number of halogens is 3. The van der Waals surface area contributed by atoms with Crippen LogP contribution in [-0.2, 0) is 10.0 Å². The molecule has 0 radical (unpaired) electrons. The van der Waals surface area contributed by atoms with E-state index >= 15 is 0 Å². The van der Waals surface area contributed by atoms with Crippen LogP contribution < -0.4 is 14.2 Å². The molecule has 154 valence electrons. The van der Waals surface area contributed by atoms with Crippen molar-refractivity contribution in [3.05, 3.63) is 23.8 Å². The Morgan fingerprint density at radius 2 is 2.00 bits per heavy atom. The van der Waals surface area contributed by atoms with Crippen molar-refractivity contribution in [2.75, 3.05) is 12.4 Å². The molecule has 0 saturated carbocycles. The maximum absolute atomic E-state index is 12.3. The maximum Gasteiger partial charge on any atom is 0.392 e. The summed E-state index contributed by atoms with van der Waals surface area (Å²) in [7, 11) is -3.66. The van der Waals surface area contributed by atoms with E-state index in [1.807, 2.05) is 0 Å². The predicted octanol–water partition coefficient (Wildman–Crippen LogP) is 2.92. The molecule has 6 nitrogen and oxygen atoms in total. The summed E-state index contributed by atoms with van der Waals surface area (Å²) in [6.07, 6.45) is -6.26. The number of nitrogens with one attached hydrogen (secondary N) is 1. The van der Waals surface area contributed by atoms with Crippen molar-refractivity contribution >= 4 is 10.0 Å². The normalized spacial score (nSPS) is 22.0. The Hall–Kier alpha value is -1.52. The smallest absolute Gasteiger partial charge is 0.392 e. The molecule has 2 unspecified atom stereocenters. The molecule has 10 heteroatoms. The van der Waals surface area contributed by atoms with Gasteiger partial charge in [-0.15, -0.1) is 0 Å². The number of sulfonamides is 1. The van der Waals surface area contributed by atoms with Gasteiger partial charge in [-0.1, -0.05) is 6.92 Å². The zero-order chi connectivity index (χ0) is 20.5. The Labute approximate surface area is 156 Å². The number of ether oxygens (including phenoxy) is 2. The summed E-state index contributed by atoms with van der Waals surface area (Å²) in [4.78, 5) is 0. The molecule has 2 N–H and O–H groups in total. The fourth-order valence-electron chi connectivity index (χ4n) is 2.80. The lowest BCUT2D eigenvalue weighted by Gasteiger charge is -2.42. The minimum Gasteiger partial charge on any atom is -0.493 e. The Morgan fingerprint density at radius 3 is 2.59 bits per heavy atom. The first-order chi connectivity index (χ1) is 12.3. The van der Waals surface area contributed by atoms with Gasteiger partial charge in [0.1, 0.15) is 23.2 Å². The number of aliphatic hydroxyl groups excluding tert-OH is 1. The molecule has 1 heterocycles. The molecule has 1 aliphatic rings. The molecule has 0 amide bonds. The average Bonchev–Trinajstić information content (AvgIpc) is 2.51. The summed E-state index contributed by atoms with van der Waals surface area (Å²) in [5, 5.41) is 10.6. The van der Waals surface area contributed by atoms with Crippen molar-refractivity contribution < 1.29 is 36.2 Å². The van der Waals surface area contributed by atoms with Gasteiger partial charge in [0, 0.05) is 5.56 Å². The van der Waals surface area contributed by atoms with Crippen molar-refractivity contribution in [1.29, 1.82) is 0 Å². The third kappa shape index (κ3) is 5.73. The number of benzene rings is 1. The zero-order valence-corrected chi connectivity index (χ0v) is 16.2. The average molecular weight is 411 g/mol. The zero-order valence-electron chi connectivity index (χ0n) is 15.3. The van der Waals surface area contributed by atoms with Crippen LogP contribution in [0.4, 0.5) is 13.2 Å².